The molecule has 0 N–H and O–H groups in total. The van der Waals surface area contributed by atoms with Crippen LogP contribution in [0.1, 0.15) is 11.1 Å². The van der Waals surface area contributed by atoms with Crippen molar-refractivity contribution in [2.75, 3.05) is 0 Å². The summed E-state index contributed by atoms with van der Waals surface area (Å²) in [6.07, 6.45) is 1.53. The molecule has 162 valence electrons. The molecule has 0 aliphatic carbocycles. The molecule has 3 aromatic carbocycles. The normalized spacial score (nSPS) is 11.8. The van der Waals surface area contributed by atoms with E-state index in [1.807, 2.05) is 30.3 Å². The van der Waals surface area contributed by atoms with Crippen LogP contribution >= 0.6 is 0 Å². The lowest BCUT2D eigenvalue weighted by Crippen LogP contribution is -2.24. The van der Waals surface area contributed by atoms with E-state index in [2.05, 4.69) is 5.10 Å². The first-order valence-corrected chi connectivity index (χ1v) is 11.0. The summed E-state index contributed by atoms with van der Waals surface area (Å²) in [7, 11) is 0. The van der Waals surface area contributed by atoms with Gasteiger partial charge in [-0.1, -0.05) is 65.7 Å². The molecule has 1 heterocycles. The van der Waals surface area contributed by atoms with E-state index >= 15 is 0 Å². The monoisotopic (exact) mass is 449 g/mol. The summed E-state index contributed by atoms with van der Waals surface area (Å²) in [6, 6.07) is 21.5. The van der Waals surface area contributed by atoms with Gasteiger partial charge in [0.2, 0.25) is 5.75 Å². The van der Waals surface area contributed by atoms with E-state index < -0.39 is 22.5 Å². The molecule has 0 radical (unpaired) electrons. The molecule has 0 bridgehead atoms. The first kappa shape index (κ1) is 21.6. The van der Waals surface area contributed by atoms with E-state index in [-0.39, 0.29) is 18.0 Å². The number of hydrogen-bond acceptors (Lipinski definition) is 5. The molecule has 4 rings (SSSR count). The molecule has 0 aliphatic rings. The highest BCUT2D eigenvalue weighted by Gasteiger charge is 2.16. The molecule has 1 unspecified atom stereocenters. The van der Waals surface area contributed by atoms with Gasteiger partial charge in [-0.2, -0.15) is 5.10 Å². The largest absolute Gasteiger partial charge is 0.772 e. The first-order valence-electron chi connectivity index (χ1n) is 9.72. The van der Waals surface area contributed by atoms with Gasteiger partial charge < -0.3 is 9.29 Å². The van der Waals surface area contributed by atoms with E-state index in [0.717, 1.165) is 5.56 Å². The molecule has 1 aromatic heterocycles. The van der Waals surface area contributed by atoms with Crippen LogP contribution in [0.25, 0.3) is 11.1 Å². The predicted molar refractivity (Wildman–Crippen MR) is 119 cm³/mol. The molecule has 0 fully saturated rings. The summed E-state index contributed by atoms with van der Waals surface area (Å²) >= 11 is -2.20. The molecule has 8 heteroatoms. The van der Waals surface area contributed by atoms with Gasteiger partial charge in [0.15, 0.2) is 0 Å². The Kier molecular flexibility index (Phi) is 6.53. The zero-order chi connectivity index (χ0) is 22.5. The lowest BCUT2D eigenvalue weighted by atomic mass is 10.1. The number of hydrogen-bond donors (Lipinski definition) is 0. The minimum absolute atomic E-state index is 0.0442. The van der Waals surface area contributed by atoms with Crippen LogP contribution in [0.4, 0.5) is 4.39 Å². The van der Waals surface area contributed by atoms with Crippen molar-refractivity contribution in [2.45, 2.75) is 12.3 Å². The summed E-state index contributed by atoms with van der Waals surface area (Å²) in [5, 5.41) is 4.30. The Balaban J connectivity index is 1.76. The van der Waals surface area contributed by atoms with E-state index in [0.29, 0.717) is 22.4 Å². The van der Waals surface area contributed by atoms with Gasteiger partial charge in [-0.05, 0) is 41.0 Å². The average Bonchev–Trinajstić information content (AvgIpc) is 2.79. The summed E-state index contributed by atoms with van der Waals surface area (Å²) in [5.74, 6) is -0.167. The maximum atomic E-state index is 13.3. The number of ether oxygens (including phenoxy) is 1. The predicted octanol–water partition coefficient (Wildman–Crippen LogP) is 4.27. The zero-order valence-electron chi connectivity index (χ0n) is 16.8. The molecule has 0 saturated heterocycles. The second-order valence-corrected chi connectivity index (χ2v) is 7.93. The smallest absolute Gasteiger partial charge is 0.310 e. The second kappa shape index (κ2) is 9.67. The zero-order valence-corrected chi connectivity index (χ0v) is 17.6. The lowest BCUT2D eigenvalue weighted by molar-refractivity contribution is 0.459. The first-order chi connectivity index (χ1) is 15.5. The summed E-state index contributed by atoms with van der Waals surface area (Å²) in [4.78, 5) is 13.3. The van der Waals surface area contributed by atoms with Crippen LogP contribution in [-0.4, -0.2) is 18.5 Å². The van der Waals surface area contributed by atoms with Gasteiger partial charge in [-0.25, -0.2) is 9.07 Å². The van der Waals surface area contributed by atoms with Crippen molar-refractivity contribution in [1.29, 1.82) is 0 Å². The maximum Gasteiger partial charge on any atom is 0.310 e. The minimum Gasteiger partial charge on any atom is -0.772 e. The van der Waals surface area contributed by atoms with Crippen molar-refractivity contribution in [2.24, 2.45) is 0 Å². The average molecular weight is 449 g/mol. The van der Waals surface area contributed by atoms with Gasteiger partial charge in [0.25, 0.3) is 0 Å². The van der Waals surface area contributed by atoms with Crippen molar-refractivity contribution in [3.63, 3.8) is 0 Å². The molecular weight excluding hydrogens is 431 g/mol. The number of nitrogens with zero attached hydrogens (tertiary/aromatic N) is 2. The molecule has 0 amide bonds. The Morgan fingerprint density at radius 3 is 2.28 bits per heavy atom. The van der Waals surface area contributed by atoms with Gasteiger partial charge in [0.05, 0.1) is 18.3 Å². The number of rotatable bonds is 7. The SMILES string of the molecule is O=c1c(Oc2ccc(F)cc2)c(-c2ccc(CS(=O)[O-])cc2)cnn1Cc1ccccc1. The Labute approximate surface area is 186 Å². The molecule has 4 aromatic rings. The van der Waals surface area contributed by atoms with Crippen molar-refractivity contribution in [3.8, 4) is 22.6 Å². The quantitative estimate of drug-likeness (QED) is 0.394. The van der Waals surface area contributed by atoms with Crippen LogP contribution in [0.3, 0.4) is 0 Å². The molecule has 0 saturated carbocycles. The van der Waals surface area contributed by atoms with E-state index in [1.165, 1.54) is 35.1 Å². The standard InChI is InChI=1S/C24H19FN2O4S/c25-20-10-12-21(13-11-20)31-23-22(19-8-6-18(7-9-19)16-32(29)30)14-26-27(24(23)28)15-17-4-2-1-3-5-17/h1-14H,15-16H2,(H,29,30)/p-1. The van der Waals surface area contributed by atoms with Gasteiger partial charge in [0.1, 0.15) is 11.6 Å². The summed E-state index contributed by atoms with van der Waals surface area (Å²) in [5.41, 5.74) is 2.16. The van der Waals surface area contributed by atoms with Crippen LogP contribution in [0, 0.1) is 5.82 Å². The minimum atomic E-state index is -2.20. The van der Waals surface area contributed by atoms with E-state index in [9.17, 15) is 17.9 Å². The van der Waals surface area contributed by atoms with Gasteiger partial charge in [-0.3, -0.25) is 9.00 Å². The highest BCUT2D eigenvalue weighted by atomic mass is 32.2. The van der Waals surface area contributed by atoms with Crippen LogP contribution in [0.5, 0.6) is 11.5 Å². The van der Waals surface area contributed by atoms with Gasteiger partial charge >= 0.3 is 5.56 Å². The third kappa shape index (κ3) is 5.16. The molecule has 0 aliphatic heterocycles. The van der Waals surface area contributed by atoms with Crippen molar-refractivity contribution in [3.05, 3.63) is 112 Å². The Bertz CT molecular complexity index is 1290. The molecule has 1 atom stereocenters. The third-order valence-corrected chi connectivity index (χ3v) is 5.33. The Hall–Kier alpha value is -3.62. The van der Waals surface area contributed by atoms with Crippen LogP contribution in [0.2, 0.25) is 0 Å². The molecule has 32 heavy (non-hydrogen) atoms. The fourth-order valence-corrected chi connectivity index (χ4v) is 3.65. The van der Waals surface area contributed by atoms with Crippen molar-refractivity contribution < 1.29 is 17.9 Å². The maximum absolute atomic E-state index is 13.3. The van der Waals surface area contributed by atoms with Crippen LogP contribution in [-0.2, 0) is 23.4 Å². The van der Waals surface area contributed by atoms with E-state index in [4.69, 9.17) is 4.74 Å². The fraction of sp³-hybridized carbons (Fsp3) is 0.0833. The Morgan fingerprint density at radius 2 is 1.62 bits per heavy atom. The molecule has 6 nitrogen and oxygen atoms in total. The fourth-order valence-electron chi connectivity index (χ4n) is 3.18. The topological polar surface area (TPSA) is 84.2 Å². The summed E-state index contributed by atoms with van der Waals surface area (Å²) < 4.78 is 42.4. The Morgan fingerprint density at radius 1 is 0.938 bits per heavy atom. The molecular formula is C24H18FN2O4S-. The third-order valence-electron chi connectivity index (χ3n) is 4.76. The van der Waals surface area contributed by atoms with E-state index in [1.54, 1.807) is 24.3 Å². The van der Waals surface area contributed by atoms with Gasteiger partial charge in [-0.15, -0.1) is 0 Å². The van der Waals surface area contributed by atoms with Gasteiger partial charge in [0, 0.05) is 5.75 Å². The summed E-state index contributed by atoms with van der Waals surface area (Å²) in [6.45, 7) is 0.258. The number of halogens is 1. The second-order valence-electron chi connectivity index (χ2n) is 7.04. The molecule has 0 spiro atoms. The highest BCUT2D eigenvalue weighted by molar-refractivity contribution is 7.78. The number of benzene rings is 3. The number of aromatic nitrogens is 2. The van der Waals surface area contributed by atoms with Crippen LogP contribution in [0.15, 0.2) is 89.9 Å². The highest BCUT2D eigenvalue weighted by Crippen LogP contribution is 2.30. The van der Waals surface area contributed by atoms with Crippen molar-refractivity contribution in [1.82, 2.24) is 9.78 Å². The van der Waals surface area contributed by atoms with Crippen LogP contribution < -0.4 is 10.3 Å². The lowest BCUT2D eigenvalue weighted by Gasteiger charge is -2.14. The van der Waals surface area contributed by atoms with Crippen molar-refractivity contribution >= 4 is 11.1 Å².